The molecule has 0 atom stereocenters. The van der Waals surface area contributed by atoms with E-state index in [4.69, 9.17) is 23.6 Å². The Kier molecular flexibility index (Phi) is 5.50. The van der Waals surface area contributed by atoms with Crippen LogP contribution in [-0.4, -0.2) is 46.9 Å². The van der Waals surface area contributed by atoms with Crippen molar-refractivity contribution in [3.8, 4) is 28.1 Å². The van der Waals surface area contributed by atoms with Crippen molar-refractivity contribution >= 4 is 43.7 Å². The number of fused-ring (bicyclic) bond motifs is 2. The summed E-state index contributed by atoms with van der Waals surface area (Å²) in [5.74, 6) is 1.97. The highest BCUT2D eigenvalue weighted by Crippen LogP contribution is 2.38. The van der Waals surface area contributed by atoms with Crippen LogP contribution >= 0.6 is 22.7 Å². The van der Waals surface area contributed by atoms with Crippen LogP contribution in [0.15, 0.2) is 34.2 Å². The quantitative estimate of drug-likeness (QED) is 0.301. The molecule has 0 aliphatic carbocycles. The maximum atomic E-state index is 6.21. The van der Waals surface area contributed by atoms with Crippen molar-refractivity contribution < 1.29 is 18.6 Å². The zero-order valence-electron chi connectivity index (χ0n) is 18.8. The third-order valence-corrected chi connectivity index (χ3v) is 7.64. The summed E-state index contributed by atoms with van der Waals surface area (Å²) in [4.78, 5) is 12.5. The van der Waals surface area contributed by atoms with Gasteiger partial charge in [-0.25, -0.2) is 14.5 Å². The number of anilines is 1. The van der Waals surface area contributed by atoms with E-state index >= 15 is 0 Å². The van der Waals surface area contributed by atoms with E-state index in [2.05, 4.69) is 20.4 Å². The Morgan fingerprint density at radius 2 is 1.94 bits per heavy atom. The van der Waals surface area contributed by atoms with Crippen molar-refractivity contribution in [1.82, 2.24) is 19.6 Å². The highest BCUT2D eigenvalue weighted by molar-refractivity contribution is 7.18. The van der Waals surface area contributed by atoms with Crippen LogP contribution in [0.3, 0.4) is 0 Å². The number of imidazole rings is 1. The van der Waals surface area contributed by atoms with Gasteiger partial charge in [0.1, 0.15) is 29.4 Å². The minimum absolute atomic E-state index is 0.372. The van der Waals surface area contributed by atoms with Gasteiger partial charge in [0.05, 0.1) is 31.5 Å². The summed E-state index contributed by atoms with van der Waals surface area (Å²) in [6.07, 6.45) is 5.59. The molecule has 11 heteroatoms. The Hall–Kier alpha value is -3.31. The Morgan fingerprint density at radius 1 is 1.06 bits per heavy atom. The Labute approximate surface area is 203 Å². The fourth-order valence-electron chi connectivity index (χ4n) is 4.07. The van der Waals surface area contributed by atoms with Crippen molar-refractivity contribution in [3.63, 3.8) is 0 Å². The summed E-state index contributed by atoms with van der Waals surface area (Å²) in [5.41, 5.74) is 2.27. The summed E-state index contributed by atoms with van der Waals surface area (Å²) in [6, 6.07) is 5.66. The van der Waals surface area contributed by atoms with E-state index in [0.29, 0.717) is 40.3 Å². The number of furan rings is 1. The minimum Gasteiger partial charge on any atom is -0.496 e. The molecule has 34 heavy (non-hydrogen) atoms. The highest BCUT2D eigenvalue weighted by Gasteiger charge is 2.18. The van der Waals surface area contributed by atoms with Gasteiger partial charge in [0.2, 0.25) is 4.96 Å². The molecule has 5 heterocycles. The minimum atomic E-state index is 0.372. The molecule has 0 N–H and O–H groups in total. The molecule has 6 rings (SSSR count). The Morgan fingerprint density at radius 3 is 2.74 bits per heavy atom. The molecular weight excluding hydrogens is 474 g/mol. The van der Waals surface area contributed by atoms with Crippen LogP contribution in [0.5, 0.6) is 16.7 Å². The van der Waals surface area contributed by atoms with Gasteiger partial charge in [-0.1, -0.05) is 0 Å². The summed E-state index contributed by atoms with van der Waals surface area (Å²) in [5, 5.41) is 8.88. The van der Waals surface area contributed by atoms with Gasteiger partial charge in [-0.3, -0.25) is 0 Å². The number of hydrogen-bond acceptors (Lipinski definition) is 10. The molecule has 9 nitrogen and oxygen atoms in total. The lowest BCUT2D eigenvalue weighted by molar-refractivity contribution is 0.303. The van der Waals surface area contributed by atoms with Gasteiger partial charge in [-0.15, -0.1) is 16.4 Å². The van der Waals surface area contributed by atoms with Crippen LogP contribution in [0, 0.1) is 0 Å². The molecule has 0 radical (unpaired) electrons. The second-order valence-electron chi connectivity index (χ2n) is 8.03. The van der Waals surface area contributed by atoms with Crippen LogP contribution in [0.4, 0.5) is 5.13 Å². The van der Waals surface area contributed by atoms with Gasteiger partial charge in [0, 0.05) is 30.6 Å². The third-order valence-electron chi connectivity index (χ3n) is 5.80. The standard InChI is InChI=1S/C23H23N5O4S2/c1-29-15-8-18(31-12-14-13-33-21(24-14)27-6-4-3-5-7-27)16-10-20(32-19(16)9-15)17-11-28-22(25-17)34-23(26-28)30-2/h8-11,13H,3-7,12H2,1-2H3. The van der Waals surface area contributed by atoms with E-state index < -0.39 is 0 Å². The molecular formula is C23H23N5O4S2. The monoisotopic (exact) mass is 497 g/mol. The van der Waals surface area contributed by atoms with Gasteiger partial charge >= 0.3 is 0 Å². The summed E-state index contributed by atoms with van der Waals surface area (Å²) in [7, 11) is 3.22. The fraction of sp³-hybridized carbons (Fsp3) is 0.348. The van der Waals surface area contributed by atoms with Crippen molar-refractivity contribution in [2.24, 2.45) is 0 Å². The molecule has 0 saturated carbocycles. The lowest BCUT2D eigenvalue weighted by Gasteiger charge is -2.25. The largest absolute Gasteiger partial charge is 0.496 e. The summed E-state index contributed by atoms with van der Waals surface area (Å²) in [6.45, 7) is 2.53. The van der Waals surface area contributed by atoms with Crippen LogP contribution in [0.2, 0.25) is 0 Å². The highest BCUT2D eigenvalue weighted by atomic mass is 32.1. The van der Waals surface area contributed by atoms with Crippen LogP contribution in [-0.2, 0) is 6.61 Å². The van der Waals surface area contributed by atoms with Crippen molar-refractivity contribution in [3.05, 3.63) is 35.5 Å². The Balaban J connectivity index is 1.27. The molecule has 1 aliphatic rings. The van der Waals surface area contributed by atoms with Gasteiger partial charge in [-0.05, 0) is 36.7 Å². The average Bonchev–Trinajstić information content (AvgIpc) is 3.65. The lowest BCUT2D eigenvalue weighted by atomic mass is 10.1. The SMILES string of the molecule is COc1cc(OCc2csc(N3CCCCC3)n2)c2cc(-c3cn4nc(OC)sc4n3)oc2c1. The van der Waals surface area contributed by atoms with Crippen LogP contribution in [0.25, 0.3) is 27.4 Å². The van der Waals surface area contributed by atoms with Crippen LogP contribution < -0.4 is 19.1 Å². The van der Waals surface area contributed by atoms with Gasteiger partial charge in [-0.2, -0.15) is 0 Å². The van der Waals surface area contributed by atoms with Crippen molar-refractivity contribution in [2.75, 3.05) is 32.2 Å². The number of piperidine rings is 1. The molecule has 0 amide bonds. The first-order valence-electron chi connectivity index (χ1n) is 11.0. The molecule has 1 saturated heterocycles. The zero-order valence-corrected chi connectivity index (χ0v) is 20.4. The van der Waals surface area contributed by atoms with Crippen LogP contribution in [0.1, 0.15) is 25.0 Å². The summed E-state index contributed by atoms with van der Waals surface area (Å²) < 4.78 is 24.7. The smallest absolute Gasteiger partial charge is 0.294 e. The second kappa shape index (κ2) is 8.80. The predicted octanol–water partition coefficient (Wildman–Crippen LogP) is 5.25. The van der Waals surface area contributed by atoms with Crippen molar-refractivity contribution in [2.45, 2.75) is 25.9 Å². The molecule has 1 aliphatic heterocycles. The van der Waals surface area contributed by atoms with E-state index in [1.165, 1.54) is 30.6 Å². The molecule has 0 bridgehead atoms. The van der Waals surface area contributed by atoms with Gasteiger partial charge < -0.3 is 23.5 Å². The van der Waals surface area contributed by atoms with E-state index in [9.17, 15) is 0 Å². The number of benzene rings is 1. The van der Waals surface area contributed by atoms with E-state index in [1.54, 1.807) is 30.1 Å². The molecule has 1 aromatic carbocycles. The normalized spacial score (nSPS) is 14.2. The van der Waals surface area contributed by atoms with Crippen molar-refractivity contribution in [1.29, 1.82) is 0 Å². The zero-order chi connectivity index (χ0) is 23.1. The number of methoxy groups -OCH3 is 2. The predicted molar refractivity (Wildman–Crippen MR) is 132 cm³/mol. The number of nitrogens with zero attached hydrogens (tertiary/aromatic N) is 5. The Bertz CT molecular complexity index is 1410. The maximum absolute atomic E-state index is 6.21. The number of thiazole rings is 1. The summed E-state index contributed by atoms with van der Waals surface area (Å²) >= 11 is 3.05. The number of ether oxygens (including phenoxy) is 3. The lowest BCUT2D eigenvalue weighted by Crippen LogP contribution is -2.29. The van der Waals surface area contributed by atoms with E-state index in [1.807, 2.05) is 24.4 Å². The fourth-order valence-corrected chi connectivity index (χ4v) is 5.64. The second-order valence-corrected chi connectivity index (χ2v) is 9.79. The molecule has 5 aromatic rings. The van der Waals surface area contributed by atoms with E-state index in [0.717, 1.165) is 34.3 Å². The molecule has 4 aromatic heterocycles. The maximum Gasteiger partial charge on any atom is 0.294 e. The molecule has 176 valence electrons. The number of hydrogen-bond donors (Lipinski definition) is 0. The number of aromatic nitrogens is 4. The first-order chi connectivity index (χ1) is 16.7. The number of rotatable bonds is 7. The first kappa shape index (κ1) is 21.2. The van der Waals surface area contributed by atoms with E-state index in [-0.39, 0.29) is 0 Å². The first-order valence-corrected chi connectivity index (χ1v) is 12.7. The molecule has 0 spiro atoms. The van der Waals surface area contributed by atoms with Gasteiger partial charge in [0.15, 0.2) is 10.9 Å². The topological polar surface area (TPSA) is 87.2 Å². The third kappa shape index (κ3) is 3.94. The average molecular weight is 498 g/mol. The molecule has 1 fully saturated rings. The molecule has 0 unspecified atom stereocenters. The van der Waals surface area contributed by atoms with Gasteiger partial charge in [0.25, 0.3) is 5.19 Å².